The van der Waals surface area contributed by atoms with Crippen molar-refractivity contribution < 1.29 is 0 Å². The van der Waals surface area contributed by atoms with Crippen LogP contribution in [0.15, 0.2) is 35.1 Å². The van der Waals surface area contributed by atoms with E-state index in [1.165, 1.54) is 0 Å². The van der Waals surface area contributed by atoms with E-state index < -0.39 is 0 Å². The Morgan fingerprint density at radius 1 is 1.40 bits per heavy atom. The van der Waals surface area contributed by atoms with Gasteiger partial charge in [-0.2, -0.15) is 5.10 Å². The molecular formula is C10H7Br2ClN2. The third-order valence-corrected chi connectivity index (χ3v) is 3.32. The molecule has 0 aliphatic heterocycles. The molecular weight excluding hydrogens is 343 g/mol. The first-order chi connectivity index (χ1) is 7.20. The van der Waals surface area contributed by atoms with Gasteiger partial charge in [-0.25, -0.2) is 4.68 Å². The van der Waals surface area contributed by atoms with Gasteiger partial charge in [-0.05, 0) is 33.6 Å². The first-order valence-corrected chi connectivity index (χ1v) is 6.55. The van der Waals surface area contributed by atoms with Gasteiger partial charge in [-0.3, -0.25) is 0 Å². The number of aromatic nitrogens is 2. The van der Waals surface area contributed by atoms with Crippen molar-refractivity contribution in [2.45, 2.75) is 5.33 Å². The molecule has 0 aliphatic carbocycles. The number of alkyl halides is 1. The van der Waals surface area contributed by atoms with Gasteiger partial charge in [0.15, 0.2) is 0 Å². The minimum absolute atomic E-state index is 0.697. The SMILES string of the molecule is Clc1cc(CBr)ccc1-n1cc(Br)cn1. The molecule has 0 atom stereocenters. The van der Waals surface area contributed by atoms with Crippen LogP contribution in [0.3, 0.4) is 0 Å². The number of hydrogen-bond acceptors (Lipinski definition) is 1. The lowest BCUT2D eigenvalue weighted by molar-refractivity contribution is 0.880. The van der Waals surface area contributed by atoms with Crippen molar-refractivity contribution in [3.05, 3.63) is 45.7 Å². The van der Waals surface area contributed by atoms with E-state index in [1.807, 2.05) is 24.4 Å². The predicted octanol–water partition coefficient (Wildman–Crippen LogP) is 4.18. The summed E-state index contributed by atoms with van der Waals surface area (Å²) < 4.78 is 2.67. The van der Waals surface area contributed by atoms with Crippen LogP contribution in [0.1, 0.15) is 5.56 Å². The molecule has 2 rings (SSSR count). The maximum absolute atomic E-state index is 6.15. The maximum atomic E-state index is 6.15. The Kier molecular flexibility index (Phi) is 3.49. The van der Waals surface area contributed by atoms with Crippen LogP contribution in [0.2, 0.25) is 5.02 Å². The Bertz CT molecular complexity index is 482. The number of rotatable bonds is 2. The van der Waals surface area contributed by atoms with Gasteiger partial charge >= 0.3 is 0 Å². The molecule has 5 heteroatoms. The molecule has 15 heavy (non-hydrogen) atoms. The van der Waals surface area contributed by atoms with Gasteiger partial charge in [0.2, 0.25) is 0 Å². The second-order valence-corrected chi connectivity index (χ2v) is 4.91. The van der Waals surface area contributed by atoms with Crippen molar-refractivity contribution in [1.29, 1.82) is 0 Å². The second kappa shape index (κ2) is 4.68. The van der Waals surface area contributed by atoms with Crippen LogP contribution in [0, 0.1) is 0 Å². The number of benzene rings is 1. The summed E-state index contributed by atoms with van der Waals surface area (Å²) in [5.74, 6) is 0. The van der Waals surface area contributed by atoms with E-state index in [0.29, 0.717) is 5.02 Å². The third-order valence-electron chi connectivity index (χ3n) is 1.96. The fourth-order valence-electron chi connectivity index (χ4n) is 1.25. The number of halogens is 3. The van der Waals surface area contributed by atoms with E-state index in [-0.39, 0.29) is 0 Å². The number of nitrogens with zero attached hydrogens (tertiary/aromatic N) is 2. The average molecular weight is 350 g/mol. The molecule has 0 amide bonds. The quantitative estimate of drug-likeness (QED) is 0.743. The molecule has 0 saturated heterocycles. The number of hydrogen-bond donors (Lipinski definition) is 0. The molecule has 0 aliphatic rings. The maximum Gasteiger partial charge on any atom is 0.0832 e. The van der Waals surface area contributed by atoms with Gasteiger partial charge in [-0.15, -0.1) is 0 Å². The fraction of sp³-hybridized carbons (Fsp3) is 0.100. The molecule has 0 fully saturated rings. The van der Waals surface area contributed by atoms with Gasteiger partial charge in [0.05, 0.1) is 21.4 Å². The first-order valence-electron chi connectivity index (χ1n) is 4.25. The first kappa shape index (κ1) is 11.2. The minimum Gasteiger partial charge on any atom is -0.238 e. The lowest BCUT2D eigenvalue weighted by Gasteiger charge is -2.05. The summed E-state index contributed by atoms with van der Waals surface area (Å²) in [5, 5.41) is 5.67. The van der Waals surface area contributed by atoms with E-state index in [2.05, 4.69) is 37.0 Å². The molecule has 1 heterocycles. The summed E-state index contributed by atoms with van der Waals surface area (Å²) >= 11 is 12.9. The Hall–Kier alpha value is -0.320. The highest BCUT2D eigenvalue weighted by Crippen LogP contribution is 2.23. The summed E-state index contributed by atoms with van der Waals surface area (Å²) in [6.45, 7) is 0. The predicted molar refractivity (Wildman–Crippen MR) is 68.9 cm³/mol. The van der Waals surface area contributed by atoms with Crippen molar-refractivity contribution in [3.63, 3.8) is 0 Å². The molecule has 0 bridgehead atoms. The van der Waals surface area contributed by atoms with Crippen molar-refractivity contribution in [1.82, 2.24) is 9.78 Å². The van der Waals surface area contributed by atoms with Gasteiger partial charge in [-0.1, -0.05) is 33.6 Å². The summed E-state index contributed by atoms with van der Waals surface area (Å²) in [7, 11) is 0. The largest absolute Gasteiger partial charge is 0.238 e. The molecule has 78 valence electrons. The standard InChI is InChI=1S/C10H7Br2ClN2/c11-4-7-1-2-10(9(13)3-7)15-6-8(12)5-14-15/h1-3,5-6H,4H2. The molecule has 0 N–H and O–H groups in total. The molecule has 0 saturated carbocycles. The van der Waals surface area contributed by atoms with Crippen molar-refractivity contribution in [2.24, 2.45) is 0 Å². The van der Waals surface area contributed by atoms with Crippen LogP contribution in [-0.2, 0) is 5.33 Å². The lowest BCUT2D eigenvalue weighted by atomic mass is 10.2. The van der Waals surface area contributed by atoms with E-state index in [1.54, 1.807) is 10.9 Å². The summed E-state index contributed by atoms with van der Waals surface area (Å²) in [6, 6.07) is 5.91. The highest BCUT2D eigenvalue weighted by atomic mass is 79.9. The second-order valence-electron chi connectivity index (χ2n) is 3.02. The van der Waals surface area contributed by atoms with Crippen LogP contribution in [0.5, 0.6) is 0 Å². The van der Waals surface area contributed by atoms with Crippen LogP contribution < -0.4 is 0 Å². The van der Waals surface area contributed by atoms with Crippen molar-refractivity contribution >= 4 is 43.5 Å². The fourth-order valence-corrected chi connectivity index (χ4v) is 2.18. The van der Waals surface area contributed by atoms with E-state index in [0.717, 1.165) is 21.1 Å². The van der Waals surface area contributed by atoms with Crippen LogP contribution >= 0.6 is 43.5 Å². The Balaban J connectivity index is 2.45. The highest BCUT2D eigenvalue weighted by Gasteiger charge is 2.04. The average Bonchev–Trinajstić information content (AvgIpc) is 2.64. The lowest BCUT2D eigenvalue weighted by Crippen LogP contribution is -1.95. The van der Waals surface area contributed by atoms with E-state index in [4.69, 9.17) is 11.6 Å². The summed E-state index contributed by atoms with van der Waals surface area (Å²) in [6.07, 6.45) is 3.60. The molecule has 2 nitrogen and oxygen atoms in total. The van der Waals surface area contributed by atoms with Crippen molar-refractivity contribution in [2.75, 3.05) is 0 Å². The molecule has 2 aromatic rings. The topological polar surface area (TPSA) is 17.8 Å². The van der Waals surface area contributed by atoms with Crippen LogP contribution in [0.4, 0.5) is 0 Å². The minimum atomic E-state index is 0.697. The van der Waals surface area contributed by atoms with Gasteiger partial charge < -0.3 is 0 Å². The zero-order chi connectivity index (χ0) is 10.8. The van der Waals surface area contributed by atoms with Crippen molar-refractivity contribution in [3.8, 4) is 5.69 Å². The van der Waals surface area contributed by atoms with E-state index >= 15 is 0 Å². The monoisotopic (exact) mass is 348 g/mol. The summed E-state index contributed by atoms with van der Waals surface area (Å²) in [5.41, 5.74) is 2.03. The molecule has 0 spiro atoms. The smallest absolute Gasteiger partial charge is 0.0832 e. The normalized spacial score (nSPS) is 10.6. The summed E-state index contributed by atoms with van der Waals surface area (Å²) in [4.78, 5) is 0. The molecule has 0 radical (unpaired) electrons. The van der Waals surface area contributed by atoms with Crippen LogP contribution in [0.25, 0.3) is 5.69 Å². The molecule has 1 aromatic heterocycles. The highest BCUT2D eigenvalue weighted by molar-refractivity contribution is 9.10. The van der Waals surface area contributed by atoms with Gasteiger partial charge in [0.1, 0.15) is 0 Å². The van der Waals surface area contributed by atoms with Gasteiger partial charge in [0.25, 0.3) is 0 Å². The zero-order valence-electron chi connectivity index (χ0n) is 7.62. The van der Waals surface area contributed by atoms with E-state index in [9.17, 15) is 0 Å². The molecule has 1 aromatic carbocycles. The Morgan fingerprint density at radius 2 is 2.20 bits per heavy atom. The van der Waals surface area contributed by atoms with Crippen LogP contribution in [-0.4, -0.2) is 9.78 Å². The third kappa shape index (κ3) is 2.44. The molecule has 0 unspecified atom stereocenters. The Morgan fingerprint density at radius 3 is 2.73 bits per heavy atom. The zero-order valence-corrected chi connectivity index (χ0v) is 11.6. The Labute approximate surface area is 109 Å². The van der Waals surface area contributed by atoms with Gasteiger partial charge in [0, 0.05) is 11.5 Å².